The van der Waals surface area contributed by atoms with E-state index in [-0.39, 0.29) is 18.1 Å². The molecule has 1 spiro atoms. The van der Waals surface area contributed by atoms with Crippen LogP contribution in [0.25, 0.3) is 11.1 Å². The van der Waals surface area contributed by atoms with Gasteiger partial charge in [-0.2, -0.15) is 5.26 Å². The van der Waals surface area contributed by atoms with Crippen molar-refractivity contribution in [2.75, 3.05) is 36.5 Å². The van der Waals surface area contributed by atoms with Crippen molar-refractivity contribution in [2.45, 2.75) is 25.0 Å². The molecule has 6 rings (SSSR count). The second-order valence-electron chi connectivity index (χ2n) is 9.44. The zero-order chi connectivity index (χ0) is 25.4. The summed E-state index contributed by atoms with van der Waals surface area (Å²) in [4.78, 5) is 19.9. The predicted octanol–water partition coefficient (Wildman–Crippen LogP) is 5.17. The number of carbonyl (C=O) groups is 1. The summed E-state index contributed by atoms with van der Waals surface area (Å²) in [6.07, 6.45) is 1.47. The van der Waals surface area contributed by atoms with Crippen LogP contribution in [0.5, 0.6) is 0 Å². The van der Waals surface area contributed by atoms with Crippen molar-refractivity contribution in [1.82, 2.24) is 0 Å². The number of rotatable bonds is 3. The highest BCUT2D eigenvalue weighted by Crippen LogP contribution is 2.43. The quantitative estimate of drug-likeness (QED) is 0.541. The lowest BCUT2D eigenvalue weighted by Crippen LogP contribution is -2.45. The Hall–Kier alpha value is -4.06. The number of hydrogen-bond acceptors (Lipinski definition) is 6. The van der Waals surface area contributed by atoms with E-state index in [0.29, 0.717) is 72.9 Å². The van der Waals surface area contributed by atoms with Crippen LogP contribution < -0.4 is 10.2 Å². The van der Waals surface area contributed by atoms with Crippen molar-refractivity contribution in [3.05, 3.63) is 77.6 Å². The van der Waals surface area contributed by atoms with Crippen LogP contribution in [0.4, 0.5) is 21.5 Å². The predicted molar refractivity (Wildman–Crippen MR) is 139 cm³/mol. The molecule has 37 heavy (non-hydrogen) atoms. The molecule has 3 aromatic carbocycles. The molecule has 3 heterocycles. The van der Waals surface area contributed by atoms with Crippen molar-refractivity contribution in [1.29, 1.82) is 5.26 Å². The molecule has 3 aromatic rings. The highest BCUT2D eigenvalue weighted by molar-refractivity contribution is 6.17. The summed E-state index contributed by atoms with van der Waals surface area (Å²) in [5, 5.41) is 12.3. The van der Waals surface area contributed by atoms with Gasteiger partial charge in [0.1, 0.15) is 5.82 Å². The van der Waals surface area contributed by atoms with Gasteiger partial charge >= 0.3 is 0 Å². The van der Waals surface area contributed by atoms with E-state index in [9.17, 15) is 10.1 Å². The van der Waals surface area contributed by atoms with Crippen molar-refractivity contribution in [2.24, 2.45) is 4.99 Å². The zero-order valence-corrected chi connectivity index (χ0v) is 20.2. The Morgan fingerprint density at radius 3 is 2.54 bits per heavy atom. The van der Waals surface area contributed by atoms with E-state index in [2.05, 4.69) is 16.3 Å². The van der Waals surface area contributed by atoms with Crippen molar-refractivity contribution < 1.29 is 18.7 Å². The van der Waals surface area contributed by atoms with Crippen LogP contribution in [0, 0.1) is 17.1 Å². The molecule has 1 amide bonds. The maximum absolute atomic E-state index is 15.0. The number of amides is 1. The van der Waals surface area contributed by atoms with Gasteiger partial charge in [0.2, 0.25) is 5.91 Å². The number of ether oxygens (including phenoxy) is 2. The number of aliphatic imine (C=N–C) groups is 1. The molecular formula is C29H25FN4O3. The minimum atomic E-state index is -0.536. The first-order valence-corrected chi connectivity index (χ1v) is 12.4. The Balaban J connectivity index is 1.46. The first-order valence-electron chi connectivity index (χ1n) is 12.4. The number of hydrogen-bond donors (Lipinski definition) is 1. The number of fused-ring (bicyclic) bond motifs is 1. The summed E-state index contributed by atoms with van der Waals surface area (Å²) in [6, 6.07) is 19.6. The molecule has 0 aromatic heterocycles. The van der Waals surface area contributed by atoms with Crippen molar-refractivity contribution >= 4 is 28.7 Å². The fraction of sp³-hybridized carbons (Fsp3) is 0.276. The fourth-order valence-electron chi connectivity index (χ4n) is 5.27. The third-order valence-electron chi connectivity index (χ3n) is 7.14. The van der Waals surface area contributed by atoms with Crippen LogP contribution in [0.2, 0.25) is 0 Å². The number of nitrogens with one attached hydrogen (secondary N) is 1. The lowest BCUT2D eigenvalue weighted by atomic mass is 9.97. The van der Waals surface area contributed by atoms with E-state index in [0.717, 1.165) is 11.3 Å². The van der Waals surface area contributed by atoms with E-state index in [1.54, 1.807) is 36.4 Å². The molecule has 1 N–H and O–H groups in total. The van der Waals surface area contributed by atoms with Gasteiger partial charge in [-0.25, -0.2) is 4.39 Å². The van der Waals surface area contributed by atoms with E-state index in [1.807, 2.05) is 18.2 Å². The van der Waals surface area contributed by atoms with Gasteiger partial charge in [-0.1, -0.05) is 30.3 Å². The van der Waals surface area contributed by atoms with Crippen molar-refractivity contribution in [3.8, 4) is 17.2 Å². The van der Waals surface area contributed by atoms with E-state index in [1.165, 1.54) is 6.07 Å². The van der Waals surface area contributed by atoms with Gasteiger partial charge < -0.3 is 19.7 Å². The first kappa shape index (κ1) is 23.3. The fourth-order valence-corrected chi connectivity index (χ4v) is 5.27. The Morgan fingerprint density at radius 2 is 1.78 bits per heavy atom. The third kappa shape index (κ3) is 4.48. The van der Waals surface area contributed by atoms with Gasteiger partial charge in [0.15, 0.2) is 5.79 Å². The molecular weight excluding hydrogens is 471 g/mol. The normalized spacial score (nSPS) is 18.5. The second-order valence-corrected chi connectivity index (χ2v) is 9.44. The largest absolute Gasteiger partial charge is 0.371 e. The molecule has 2 saturated heterocycles. The van der Waals surface area contributed by atoms with Crippen LogP contribution in [0.15, 0.2) is 65.7 Å². The number of benzene rings is 3. The summed E-state index contributed by atoms with van der Waals surface area (Å²) in [7, 11) is 0. The summed E-state index contributed by atoms with van der Waals surface area (Å²) >= 11 is 0. The average Bonchev–Trinajstić information content (AvgIpc) is 3.30. The Bertz CT molecular complexity index is 1450. The number of anilines is 2. The molecule has 186 valence electrons. The minimum absolute atomic E-state index is 0.0643. The number of nitrogens with zero attached hydrogens (tertiary/aromatic N) is 3. The topological polar surface area (TPSA) is 87.0 Å². The molecule has 3 aliphatic heterocycles. The van der Waals surface area contributed by atoms with Gasteiger partial charge in [0.05, 0.1) is 48.4 Å². The molecule has 0 saturated carbocycles. The number of carbonyl (C=O) groups excluding carboxylic acids is 1. The number of piperidine rings is 1. The monoisotopic (exact) mass is 496 g/mol. The van der Waals surface area contributed by atoms with Crippen molar-refractivity contribution in [3.63, 3.8) is 0 Å². The Morgan fingerprint density at radius 1 is 1.00 bits per heavy atom. The van der Waals surface area contributed by atoms with Gasteiger partial charge in [0, 0.05) is 42.7 Å². The molecule has 3 aliphatic rings. The van der Waals surface area contributed by atoms with Gasteiger partial charge in [-0.3, -0.25) is 9.79 Å². The maximum Gasteiger partial charge on any atom is 0.230 e. The molecule has 0 atom stereocenters. The van der Waals surface area contributed by atoms with Gasteiger partial charge in [-0.15, -0.1) is 0 Å². The molecule has 0 aliphatic carbocycles. The third-order valence-corrected chi connectivity index (χ3v) is 7.14. The average molecular weight is 497 g/mol. The first-order chi connectivity index (χ1) is 18.0. The summed E-state index contributed by atoms with van der Waals surface area (Å²) in [6.45, 7) is 2.55. The number of halogens is 1. The summed E-state index contributed by atoms with van der Waals surface area (Å²) in [5.74, 6) is -1.09. The second kappa shape index (κ2) is 9.43. The molecule has 0 bridgehead atoms. The number of nitriles is 1. The standard InChI is InChI=1S/C29H25FN4O3/c30-23-7-2-1-6-21(23)22-15-25-26(16-27(22)34-10-8-29(9-11-34)36-12-13-37-29)32-24(17-28(35)33-25)20-5-3-4-19(14-20)18-31/h1-7,14-16H,8-13,17H2,(H,33,35). The molecule has 0 radical (unpaired) electrons. The molecule has 7 nitrogen and oxygen atoms in total. The zero-order valence-electron chi connectivity index (χ0n) is 20.2. The van der Waals surface area contributed by atoms with E-state index in [4.69, 9.17) is 14.5 Å². The summed E-state index contributed by atoms with van der Waals surface area (Å²) in [5.41, 5.74) is 4.88. The molecule has 0 unspecified atom stereocenters. The van der Waals surface area contributed by atoms with Crippen LogP contribution in [0.3, 0.4) is 0 Å². The lowest BCUT2D eigenvalue weighted by molar-refractivity contribution is -0.169. The van der Waals surface area contributed by atoms with Crippen LogP contribution >= 0.6 is 0 Å². The highest BCUT2D eigenvalue weighted by Gasteiger charge is 2.40. The Labute approximate surface area is 214 Å². The smallest absolute Gasteiger partial charge is 0.230 e. The molecule has 8 heteroatoms. The van der Waals surface area contributed by atoms with E-state index >= 15 is 4.39 Å². The van der Waals surface area contributed by atoms with Gasteiger partial charge in [0.25, 0.3) is 0 Å². The lowest BCUT2D eigenvalue weighted by Gasteiger charge is -2.39. The van der Waals surface area contributed by atoms with E-state index < -0.39 is 5.79 Å². The SMILES string of the molecule is N#Cc1cccc(C2=Nc3cc(N4CCC5(CC4)OCCO5)c(-c4ccccc4F)cc3NC(=O)C2)c1. The summed E-state index contributed by atoms with van der Waals surface area (Å²) < 4.78 is 26.8. The maximum atomic E-state index is 15.0. The minimum Gasteiger partial charge on any atom is -0.371 e. The van der Waals surface area contributed by atoms with Crippen LogP contribution in [-0.2, 0) is 14.3 Å². The molecule has 2 fully saturated rings. The Kier molecular flexibility index (Phi) is 5.95. The van der Waals surface area contributed by atoms with Crippen LogP contribution in [-0.4, -0.2) is 43.7 Å². The van der Waals surface area contributed by atoms with Crippen LogP contribution in [0.1, 0.15) is 30.4 Å². The highest BCUT2D eigenvalue weighted by atomic mass is 19.1. The van der Waals surface area contributed by atoms with Gasteiger partial charge in [-0.05, 0) is 35.9 Å².